The van der Waals surface area contributed by atoms with Crippen molar-refractivity contribution in [1.29, 1.82) is 0 Å². The molecule has 0 fully saturated rings. The number of unbranched alkanes of at least 4 members (excludes halogenated alkanes) is 30. The van der Waals surface area contributed by atoms with Gasteiger partial charge in [0.25, 0.3) is 0 Å². The molecule has 0 atom stereocenters. The predicted molar refractivity (Wildman–Crippen MR) is 245 cm³/mol. The molecule has 319 valence electrons. The average molecular weight is 762 g/mol. The summed E-state index contributed by atoms with van der Waals surface area (Å²) in [6, 6.07) is 3.23. The molecule has 0 aromatic heterocycles. The molecular formula is C51H105OSi. The largest absolute Gasteiger partial charge is 0.297 e. The molecule has 0 aromatic rings. The van der Waals surface area contributed by atoms with Crippen molar-refractivity contribution in [3.63, 3.8) is 0 Å². The minimum Gasteiger partial charge on any atom is -0.297 e. The van der Waals surface area contributed by atoms with Crippen molar-refractivity contribution in [2.45, 2.75) is 312 Å². The van der Waals surface area contributed by atoms with Gasteiger partial charge in [0.2, 0.25) is 8.32 Å². The van der Waals surface area contributed by atoms with E-state index in [2.05, 4.69) is 62.3 Å². The van der Waals surface area contributed by atoms with Gasteiger partial charge in [0.05, 0.1) is 0 Å². The van der Waals surface area contributed by atoms with E-state index in [-0.39, 0.29) is 0 Å². The van der Waals surface area contributed by atoms with Gasteiger partial charge in [-0.2, -0.15) is 0 Å². The molecule has 0 saturated heterocycles. The fourth-order valence-corrected chi connectivity index (χ4v) is 11.9. The van der Waals surface area contributed by atoms with E-state index in [4.69, 9.17) is 0 Å². The van der Waals surface area contributed by atoms with Crippen LogP contribution < -0.4 is 0 Å². The monoisotopic (exact) mass is 762 g/mol. The number of rotatable bonds is 39. The Bertz CT molecular complexity index is 639. The van der Waals surface area contributed by atoms with Crippen LogP contribution in [0.25, 0.3) is 0 Å². The van der Waals surface area contributed by atoms with Gasteiger partial charge in [-0.15, -0.1) is 0 Å². The molecule has 1 radical (unpaired) electrons. The third-order valence-electron chi connectivity index (χ3n) is 12.2. The summed E-state index contributed by atoms with van der Waals surface area (Å²) in [7, 11) is -2.33. The first-order chi connectivity index (χ1) is 25.1. The summed E-state index contributed by atoms with van der Waals surface area (Å²) in [4.78, 5) is 14.3. The second-order valence-electron chi connectivity index (χ2n) is 22.0. The van der Waals surface area contributed by atoms with Crippen LogP contribution in [0.2, 0.25) is 18.1 Å². The molecule has 0 aliphatic carbocycles. The van der Waals surface area contributed by atoms with E-state index in [1.807, 2.05) is 0 Å². The third-order valence-corrected chi connectivity index (χ3v) is 16.0. The lowest BCUT2D eigenvalue weighted by Gasteiger charge is -2.23. The fraction of sp³-hybridized carbons (Fsp3) is 1.00. The van der Waals surface area contributed by atoms with E-state index in [9.17, 15) is 4.80 Å². The van der Waals surface area contributed by atoms with Crippen molar-refractivity contribution in [3.8, 4) is 0 Å². The summed E-state index contributed by atoms with van der Waals surface area (Å²) in [5, 5.41) is 0. The Morgan fingerprint density at radius 2 is 0.358 bits per heavy atom. The Balaban J connectivity index is 4.16. The SMILES string of the molecule is CC(C)(C)CCCCCCCCCCCCC[Si]([O])(CCCCCCCCCCCCCC(C)(C)C)CCCCCCCCCCCCCC(C)(C)C. The van der Waals surface area contributed by atoms with Crippen LogP contribution in [0.4, 0.5) is 0 Å². The van der Waals surface area contributed by atoms with Gasteiger partial charge < -0.3 is 0 Å². The van der Waals surface area contributed by atoms with Crippen LogP contribution in [-0.4, -0.2) is 8.32 Å². The van der Waals surface area contributed by atoms with Crippen molar-refractivity contribution >= 4 is 8.32 Å². The van der Waals surface area contributed by atoms with Gasteiger partial charge in [0, 0.05) is 0 Å². The molecule has 53 heavy (non-hydrogen) atoms. The van der Waals surface area contributed by atoms with Gasteiger partial charge in [-0.05, 0) is 53.6 Å². The number of hydrogen-bond acceptors (Lipinski definition) is 0. The minimum atomic E-state index is -2.33. The van der Waals surface area contributed by atoms with E-state index < -0.39 is 8.32 Å². The highest BCUT2D eigenvalue weighted by atomic mass is 28.4. The van der Waals surface area contributed by atoms with Gasteiger partial charge >= 0.3 is 0 Å². The zero-order chi connectivity index (χ0) is 39.6. The van der Waals surface area contributed by atoms with Crippen LogP contribution in [0.1, 0.15) is 293 Å². The lowest BCUT2D eigenvalue weighted by atomic mass is 9.89. The highest BCUT2D eigenvalue weighted by Gasteiger charge is 2.31. The van der Waals surface area contributed by atoms with Crippen molar-refractivity contribution < 1.29 is 4.80 Å². The summed E-state index contributed by atoms with van der Waals surface area (Å²) >= 11 is 0. The van der Waals surface area contributed by atoms with Crippen LogP contribution in [0, 0.1) is 16.2 Å². The lowest BCUT2D eigenvalue weighted by Crippen LogP contribution is -2.32. The molecule has 0 unspecified atom stereocenters. The second-order valence-corrected chi connectivity index (χ2v) is 25.9. The van der Waals surface area contributed by atoms with Crippen LogP contribution in [0.5, 0.6) is 0 Å². The molecule has 0 heterocycles. The van der Waals surface area contributed by atoms with E-state index in [0.717, 1.165) is 18.1 Å². The Morgan fingerprint density at radius 1 is 0.226 bits per heavy atom. The van der Waals surface area contributed by atoms with E-state index >= 15 is 0 Å². The predicted octanol–water partition coefficient (Wildman–Crippen LogP) is 19.5. The quantitative estimate of drug-likeness (QED) is 0.0439. The topological polar surface area (TPSA) is 19.9 Å². The highest BCUT2D eigenvalue weighted by Crippen LogP contribution is 2.29. The second kappa shape index (κ2) is 34.2. The maximum absolute atomic E-state index is 14.3. The first kappa shape index (κ1) is 53.2. The minimum absolute atomic E-state index is 0.504. The van der Waals surface area contributed by atoms with Crippen molar-refractivity contribution in [2.24, 2.45) is 16.2 Å². The molecule has 0 aliphatic rings. The van der Waals surface area contributed by atoms with Crippen LogP contribution >= 0.6 is 0 Å². The molecule has 0 aromatic carbocycles. The zero-order valence-electron chi connectivity index (χ0n) is 39.0. The summed E-state index contributed by atoms with van der Waals surface area (Å²) in [6.07, 6.45) is 50.0. The average Bonchev–Trinajstić information content (AvgIpc) is 3.06. The molecule has 0 spiro atoms. The summed E-state index contributed by atoms with van der Waals surface area (Å²) in [6.45, 7) is 21.3. The zero-order valence-corrected chi connectivity index (χ0v) is 40.0. The number of hydrogen-bond donors (Lipinski definition) is 0. The van der Waals surface area contributed by atoms with Crippen LogP contribution in [0.3, 0.4) is 0 Å². The van der Waals surface area contributed by atoms with Crippen molar-refractivity contribution in [1.82, 2.24) is 0 Å². The first-order valence-corrected chi connectivity index (χ1v) is 27.4. The lowest BCUT2D eigenvalue weighted by molar-refractivity contribution is 0.356. The van der Waals surface area contributed by atoms with Gasteiger partial charge in [-0.25, -0.2) is 0 Å². The summed E-state index contributed by atoms with van der Waals surface area (Å²) in [5.74, 6) is 0. The normalized spacial score (nSPS) is 13.0. The van der Waals surface area contributed by atoms with Crippen LogP contribution in [-0.2, 0) is 4.80 Å². The Labute approximate surface area is 339 Å². The van der Waals surface area contributed by atoms with E-state index in [0.29, 0.717) is 16.2 Å². The smallest absolute Gasteiger partial charge is 0.237 e. The molecule has 0 aliphatic heterocycles. The van der Waals surface area contributed by atoms with Crippen LogP contribution in [0.15, 0.2) is 0 Å². The highest BCUT2D eigenvalue weighted by molar-refractivity contribution is 6.72. The molecule has 0 rings (SSSR count). The van der Waals surface area contributed by atoms with Gasteiger partial charge in [-0.3, -0.25) is 4.80 Å². The molecule has 2 heteroatoms. The Morgan fingerprint density at radius 3 is 0.509 bits per heavy atom. The maximum atomic E-state index is 14.3. The first-order valence-electron chi connectivity index (χ1n) is 24.8. The Kier molecular flexibility index (Phi) is 34.4. The van der Waals surface area contributed by atoms with Gasteiger partial charge in [-0.1, -0.05) is 274 Å². The Hall–Kier alpha value is 0.177. The van der Waals surface area contributed by atoms with E-state index in [1.54, 1.807) is 0 Å². The van der Waals surface area contributed by atoms with E-state index in [1.165, 1.54) is 231 Å². The molecule has 0 bridgehead atoms. The molecule has 0 N–H and O–H groups in total. The molecule has 1 nitrogen and oxygen atoms in total. The molecule has 0 amide bonds. The fourth-order valence-electron chi connectivity index (χ4n) is 8.46. The maximum Gasteiger partial charge on any atom is 0.237 e. The summed E-state index contributed by atoms with van der Waals surface area (Å²) < 4.78 is 0. The van der Waals surface area contributed by atoms with Crippen molar-refractivity contribution in [2.75, 3.05) is 0 Å². The molecular weight excluding hydrogens is 657 g/mol. The standard InChI is InChI=1S/C51H105OSi/c1-49(2,3)43-37-31-25-19-13-10-16-22-28-34-40-46-53(52,47-41-35-29-23-17-11-14-20-26-32-38-44-50(4,5)6)48-42-36-30-24-18-12-15-21-27-33-39-45-51(7,8)9/h10-48H2,1-9H3. The van der Waals surface area contributed by atoms with Gasteiger partial charge in [0.1, 0.15) is 0 Å². The molecule has 0 saturated carbocycles. The third kappa shape index (κ3) is 44.8. The van der Waals surface area contributed by atoms with Crippen molar-refractivity contribution in [3.05, 3.63) is 0 Å². The van der Waals surface area contributed by atoms with Gasteiger partial charge in [0.15, 0.2) is 0 Å². The summed E-state index contributed by atoms with van der Waals surface area (Å²) in [5.41, 5.74) is 1.51.